The summed E-state index contributed by atoms with van der Waals surface area (Å²) >= 11 is 1.56. The molecule has 7 heteroatoms. The van der Waals surface area contributed by atoms with Gasteiger partial charge in [0.15, 0.2) is 12.4 Å². The Morgan fingerprint density at radius 1 is 1.07 bits per heavy atom. The summed E-state index contributed by atoms with van der Waals surface area (Å²) in [5.74, 6) is -1.07. The number of Topliss-reactive ketones (excluding diaryl/α,β-unsaturated/α-hetero) is 1. The van der Waals surface area contributed by atoms with Gasteiger partial charge in [0, 0.05) is 47.2 Å². The fourth-order valence-corrected chi connectivity index (χ4v) is 3.46. The van der Waals surface area contributed by atoms with Crippen molar-refractivity contribution in [2.45, 2.75) is 26.7 Å². The van der Waals surface area contributed by atoms with E-state index in [1.165, 1.54) is 0 Å². The molecule has 0 aliphatic rings. The average molecular weight is 388 g/mol. The van der Waals surface area contributed by atoms with Crippen molar-refractivity contribution in [2.75, 3.05) is 30.9 Å². The minimum Gasteiger partial charge on any atom is -0.456 e. The number of nitrogens with zero attached hydrogens (tertiary/aromatic N) is 1. The number of hydrogen-bond acceptors (Lipinski definition) is 6. The molecule has 0 spiro atoms. The van der Waals surface area contributed by atoms with Crippen LogP contribution in [0.25, 0.3) is 0 Å². The van der Waals surface area contributed by atoms with Gasteiger partial charge in [-0.1, -0.05) is 0 Å². The van der Waals surface area contributed by atoms with Crippen molar-refractivity contribution < 1.29 is 19.1 Å². The predicted octanol–water partition coefficient (Wildman–Crippen LogP) is 3.58. The van der Waals surface area contributed by atoms with Crippen LogP contribution in [0.3, 0.4) is 0 Å². The highest BCUT2D eigenvalue weighted by atomic mass is 32.1. The van der Waals surface area contributed by atoms with E-state index in [0.717, 1.165) is 15.4 Å². The zero-order valence-electron chi connectivity index (χ0n) is 16.0. The van der Waals surface area contributed by atoms with E-state index < -0.39 is 11.9 Å². The van der Waals surface area contributed by atoms with Crippen molar-refractivity contribution in [1.82, 2.24) is 0 Å². The van der Waals surface area contributed by atoms with Gasteiger partial charge < -0.3 is 15.0 Å². The van der Waals surface area contributed by atoms with Crippen LogP contribution in [0.4, 0.5) is 11.4 Å². The van der Waals surface area contributed by atoms with Crippen molar-refractivity contribution in [1.29, 1.82) is 0 Å². The van der Waals surface area contributed by atoms with Gasteiger partial charge in [-0.25, -0.2) is 0 Å². The first-order valence-electron chi connectivity index (χ1n) is 8.59. The zero-order valence-corrected chi connectivity index (χ0v) is 16.8. The Hall–Kier alpha value is -2.67. The lowest BCUT2D eigenvalue weighted by molar-refractivity contribution is -0.147. The van der Waals surface area contributed by atoms with Gasteiger partial charge in [-0.3, -0.25) is 14.4 Å². The molecular weight excluding hydrogens is 364 g/mol. The number of carbonyl (C=O) groups excluding carboxylic acids is 3. The molecule has 0 unspecified atom stereocenters. The topological polar surface area (TPSA) is 75.7 Å². The normalized spacial score (nSPS) is 10.4. The van der Waals surface area contributed by atoms with Crippen LogP contribution in [0.2, 0.25) is 0 Å². The number of nitrogens with one attached hydrogen (secondary N) is 1. The van der Waals surface area contributed by atoms with Gasteiger partial charge in [0.1, 0.15) is 0 Å². The third-order valence-corrected chi connectivity index (χ3v) is 4.90. The third kappa shape index (κ3) is 6.21. The van der Waals surface area contributed by atoms with Gasteiger partial charge in [-0.15, -0.1) is 11.3 Å². The number of carbonyl (C=O) groups is 3. The predicted molar refractivity (Wildman–Crippen MR) is 108 cm³/mol. The summed E-state index contributed by atoms with van der Waals surface area (Å²) in [5.41, 5.74) is 2.30. The SMILES string of the molecule is Cc1cc(C(=O)CCC(=O)OCC(=O)Nc2ccc(N(C)C)cc2)c(C)s1. The van der Waals surface area contributed by atoms with Crippen LogP contribution >= 0.6 is 11.3 Å². The van der Waals surface area contributed by atoms with E-state index in [2.05, 4.69) is 5.32 Å². The standard InChI is InChI=1S/C20H24N2O4S/c1-13-11-17(14(2)27-13)18(23)9-10-20(25)26-12-19(24)21-15-5-7-16(8-6-15)22(3)4/h5-8,11H,9-10,12H2,1-4H3,(H,21,24). The molecule has 0 saturated carbocycles. The van der Waals surface area contributed by atoms with Crippen molar-refractivity contribution >= 4 is 40.4 Å². The van der Waals surface area contributed by atoms with Crippen molar-refractivity contribution in [3.05, 3.63) is 45.6 Å². The zero-order chi connectivity index (χ0) is 20.0. The van der Waals surface area contributed by atoms with Gasteiger partial charge in [0.2, 0.25) is 0 Å². The Bertz CT molecular complexity index is 825. The molecular formula is C20H24N2O4S. The van der Waals surface area contributed by atoms with E-state index >= 15 is 0 Å². The average Bonchev–Trinajstić information content (AvgIpc) is 2.96. The number of ether oxygens (including phenoxy) is 1. The lowest BCUT2D eigenvalue weighted by Crippen LogP contribution is -2.21. The molecule has 0 atom stereocenters. The van der Waals surface area contributed by atoms with Crippen LogP contribution in [0.5, 0.6) is 0 Å². The monoisotopic (exact) mass is 388 g/mol. The number of thiophene rings is 1. The maximum Gasteiger partial charge on any atom is 0.306 e. The summed E-state index contributed by atoms with van der Waals surface area (Å²) in [4.78, 5) is 39.8. The maximum absolute atomic E-state index is 12.2. The number of benzene rings is 1. The second kappa shape index (κ2) is 9.32. The Morgan fingerprint density at radius 3 is 2.30 bits per heavy atom. The first-order chi connectivity index (χ1) is 12.8. The highest BCUT2D eigenvalue weighted by molar-refractivity contribution is 7.12. The molecule has 1 aromatic heterocycles. The van der Waals surface area contributed by atoms with Gasteiger partial charge in [-0.05, 0) is 44.2 Å². The number of aryl methyl sites for hydroxylation is 2. The number of rotatable bonds is 8. The number of hydrogen-bond donors (Lipinski definition) is 1. The van der Waals surface area contributed by atoms with Crippen molar-refractivity contribution in [2.24, 2.45) is 0 Å². The molecule has 0 aliphatic heterocycles. The second-order valence-electron chi connectivity index (χ2n) is 6.40. The molecule has 27 heavy (non-hydrogen) atoms. The first kappa shape index (κ1) is 20.6. The van der Waals surface area contributed by atoms with Crippen LogP contribution in [0, 0.1) is 13.8 Å². The summed E-state index contributed by atoms with van der Waals surface area (Å²) in [5, 5.41) is 2.66. The summed E-state index contributed by atoms with van der Waals surface area (Å²) in [6, 6.07) is 9.14. The molecule has 0 aliphatic carbocycles. The molecule has 0 fully saturated rings. The van der Waals surface area contributed by atoms with Crippen LogP contribution < -0.4 is 10.2 Å². The number of anilines is 2. The number of esters is 1. The third-order valence-electron chi connectivity index (χ3n) is 3.93. The van der Waals surface area contributed by atoms with Crippen LogP contribution in [-0.2, 0) is 14.3 Å². The minimum atomic E-state index is -0.564. The van der Waals surface area contributed by atoms with Gasteiger partial charge in [0.05, 0.1) is 6.42 Å². The molecule has 1 aromatic carbocycles. The molecule has 6 nitrogen and oxygen atoms in total. The van der Waals surface area contributed by atoms with Crippen LogP contribution in [-0.4, -0.2) is 38.4 Å². The van der Waals surface area contributed by atoms with E-state index in [-0.39, 0.29) is 25.2 Å². The first-order valence-corrected chi connectivity index (χ1v) is 9.41. The summed E-state index contributed by atoms with van der Waals surface area (Å²) in [6.07, 6.45) is 0.0292. The maximum atomic E-state index is 12.2. The lowest BCUT2D eigenvalue weighted by atomic mass is 10.1. The summed E-state index contributed by atoms with van der Waals surface area (Å²) in [6.45, 7) is 3.45. The van der Waals surface area contributed by atoms with E-state index in [1.54, 1.807) is 23.5 Å². The minimum absolute atomic E-state index is 0.0437. The molecule has 0 saturated heterocycles. The number of ketones is 1. The van der Waals surface area contributed by atoms with E-state index in [4.69, 9.17) is 4.74 Å². The smallest absolute Gasteiger partial charge is 0.306 e. The fraction of sp³-hybridized carbons (Fsp3) is 0.350. The molecule has 2 rings (SSSR count). The Balaban J connectivity index is 1.73. The Morgan fingerprint density at radius 2 is 1.74 bits per heavy atom. The Kier molecular flexibility index (Phi) is 7.12. The van der Waals surface area contributed by atoms with Gasteiger partial charge in [0.25, 0.3) is 5.91 Å². The van der Waals surface area contributed by atoms with Gasteiger partial charge in [-0.2, -0.15) is 0 Å². The fourth-order valence-electron chi connectivity index (χ4n) is 2.52. The molecule has 0 bridgehead atoms. The quantitative estimate of drug-likeness (QED) is 0.553. The lowest BCUT2D eigenvalue weighted by Gasteiger charge is -2.13. The molecule has 1 N–H and O–H groups in total. The summed E-state index contributed by atoms with van der Waals surface area (Å²) in [7, 11) is 3.86. The highest BCUT2D eigenvalue weighted by Gasteiger charge is 2.15. The number of amides is 1. The molecule has 1 heterocycles. The highest BCUT2D eigenvalue weighted by Crippen LogP contribution is 2.22. The largest absolute Gasteiger partial charge is 0.456 e. The van der Waals surface area contributed by atoms with Crippen molar-refractivity contribution in [3.63, 3.8) is 0 Å². The van der Waals surface area contributed by atoms with Crippen LogP contribution in [0.15, 0.2) is 30.3 Å². The Labute approximate surface area is 163 Å². The summed E-state index contributed by atoms with van der Waals surface area (Å²) < 4.78 is 4.95. The molecule has 1 amide bonds. The van der Waals surface area contributed by atoms with E-state index in [1.807, 2.05) is 51.0 Å². The molecule has 0 radical (unpaired) electrons. The van der Waals surface area contributed by atoms with Crippen LogP contribution in [0.1, 0.15) is 33.0 Å². The molecule has 144 valence electrons. The van der Waals surface area contributed by atoms with Gasteiger partial charge >= 0.3 is 5.97 Å². The van der Waals surface area contributed by atoms with E-state index in [0.29, 0.717) is 11.3 Å². The van der Waals surface area contributed by atoms with E-state index in [9.17, 15) is 14.4 Å². The van der Waals surface area contributed by atoms with Crippen molar-refractivity contribution in [3.8, 4) is 0 Å². The second-order valence-corrected chi connectivity index (χ2v) is 7.86. The molecule has 2 aromatic rings.